The SMILES string of the molecule is COc1ccc2c(c1)c(OCC(=O)c1ccc(-c3ccccc3)cc1)nn2S(=O)(=O)c1ccc(NC(C)=O)cc1. The fourth-order valence-corrected chi connectivity index (χ4v) is 5.45. The Morgan fingerprint density at radius 3 is 2.20 bits per heavy atom. The lowest BCUT2D eigenvalue weighted by molar-refractivity contribution is -0.114. The lowest BCUT2D eigenvalue weighted by atomic mass is 10.0. The molecule has 9 nitrogen and oxygen atoms in total. The molecule has 202 valence electrons. The molecule has 0 atom stereocenters. The highest BCUT2D eigenvalue weighted by Gasteiger charge is 2.25. The Hall–Kier alpha value is -4.96. The van der Waals surface area contributed by atoms with Gasteiger partial charge in [-0.1, -0.05) is 54.6 Å². The van der Waals surface area contributed by atoms with Crippen molar-refractivity contribution in [2.24, 2.45) is 0 Å². The third-order valence-corrected chi connectivity index (χ3v) is 7.78. The van der Waals surface area contributed by atoms with Crippen molar-refractivity contribution < 1.29 is 27.5 Å². The smallest absolute Gasteiger partial charge is 0.283 e. The zero-order valence-electron chi connectivity index (χ0n) is 21.7. The number of nitrogens with one attached hydrogen (secondary N) is 1. The third-order valence-electron chi connectivity index (χ3n) is 6.18. The van der Waals surface area contributed by atoms with Crippen molar-refractivity contribution in [2.75, 3.05) is 19.0 Å². The predicted molar refractivity (Wildman–Crippen MR) is 151 cm³/mol. The molecule has 10 heteroatoms. The highest BCUT2D eigenvalue weighted by atomic mass is 32.2. The van der Waals surface area contributed by atoms with Gasteiger partial charge in [0.05, 0.1) is 22.9 Å². The molecule has 0 saturated carbocycles. The Bertz CT molecular complexity index is 1800. The zero-order valence-corrected chi connectivity index (χ0v) is 22.5. The largest absolute Gasteiger partial charge is 0.497 e. The number of carbonyl (C=O) groups excluding carboxylic acids is 2. The molecule has 0 bridgehead atoms. The number of aromatic nitrogens is 2. The third kappa shape index (κ3) is 5.43. The Morgan fingerprint density at radius 1 is 0.875 bits per heavy atom. The normalized spacial score (nSPS) is 11.2. The number of carbonyl (C=O) groups is 2. The molecular weight excluding hydrogens is 530 g/mol. The van der Waals surface area contributed by atoms with Crippen LogP contribution in [0.4, 0.5) is 5.69 Å². The van der Waals surface area contributed by atoms with E-state index in [-0.39, 0.29) is 34.6 Å². The monoisotopic (exact) mass is 555 g/mol. The van der Waals surface area contributed by atoms with Crippen LogP contribution in [-0.2, 0) is 14.8 Å². The van der Waals surface area contributed by atoms with Gasteiger partial charge in [0.2, 0.25) is 11.8 Å². The van der Waals surface area contributed by atoms with E-state index in [9.17, 15) is 18.0 Å². The fourth-order valence-electron chi connectivity index (χ4n) is 4.17. The van der Waals surface area contributed by atoms with Crippen LogP contribution >= 0.6 is 0 Å². The van der Waals surface area contributed by atoms with Gasteiger partial charge in [-0.05, 0) is 53.6 Å². The summed E-state index contributed by atoms with van der Waals surface area (Å²) in [5.74, 6) is -0.119. The molecule has 0 saturated heterocycles. The van der Waals surface area contributed by atoms with E-state index in [1.165, 1.54) is 38.3 Å². The average Bonchev–Trinajstić information content (AvgIpc) is 3.35. The van der Waals surface area contributed by atoms with Gasteiger partial charge >= 0.3 is 0 Å². The summed E-state index contributed by atoms with van der Waals surface area (Å²) < 4.78 is 39.0. The Labute approximate surface area is 231 Å². The number of hydrogen-bond donors (Lipinski definition) is 1. The van der Waals surface area contributed by atoms with Gasteiger partial charge in [-0.15, -0.1) is 9.19 Å². The Morgan fingerprint density at radius 2 is 1.55 bits per heavy atom. The first kappa shape index (κ1) is 26.6. The number of hydrogen-bond acceptors (Lipinski definition) is 7. The van der Waals surface area contributed by atoms with Gasteiger partial charge in [-0.3, -0.25) is 9.59 Å². The van der Waals surface area contributed by atoms with Gasteiger partial charge in [0.1, 0.15) is 5.75 Å². The van der Waals surface area contributed by atoms with Crippen molar-refractivity contribution >= 4 is 38.3 Å². The number of nitrogens with zero attached hydrogens (tertiary/aromatic N) is 2. The Balaban J connectivity index is 1.42. The quantitative estimate of drug-likeness (QED) is 0.250. The van der Waals surface area contributed by atoms with Gasteiger partial charge in [0, 0.05) is 18.2 Å². The summed E-state index contributed by atoms with van der Waals surface area (Å²) in [6, 6.07) is 27.5. The van der Waals surface area contributed by atoms with E-state index in [2.05, 4.69) is 10.4 Å². The minimum atomic E-state index is -4.14. The number of methoxy groups -OCH3 is 1. The minimum Gasteiger partial charge on any atom is -0.497 e. The lowest BCUT2D eigenvalue weighted by Gasteiger charge is -2.07. The molecule has 40 heavy (non-hydrogen) atoms. The van der Waals surface area contributed by atoms with Crippen molar-refractivity contribution in [3.63, 3.8) is 0 Å². The van der Waals surface area contributed by atoms with E-state index in [0.29, 0.717) is 22.4 Å². The van der Waals surface area contributed by atoms with Crippen LogP contribution in [0, 0.1) is 0 Å². The van der Waals surface area contributed by atoms with Crippen LogP contribution in [0.15, 0.2) is 102 Å². The van der Waals surface area contributed by atoms with Crippen LogP contribution in [0.3, 0.4) is 0 Å². The molecular formula is C30H25N3O6S. The number of rotatable bonds is 9. The number of fused-ring (bicyclic) bond motifs is 1. The van der Waals surface area contributed by atoms with E-state index in [1.54, 1.807) is 30.3 Å². The van der Waals surface area contributed by atoms with Gasteiger partial charge < -0.3 is 14.8 Å². The molecule has 4 aromatic carbocycles. The van der Waals surface area contributed by atoms with E-state index in [1.807, 2.05) is 42.5 Å². The predicted octanol–water partition coefficient (Wildman–Crippen LogP) is 5.17. The van der Waals surface area contributed by atoms with Crippen molar-refractivity contribution in [2.45, 2.75) is 11.8 Å². The molecule has 0 radical (unpaired) electrons. The van der Waals surface area contributed by atoms with Gasteiger partial charge in [0.15, 0.2) is 12.4 Å². The standard InChI is InChI=1S/C30H25N3O6S/c1-20(34)31-24-12-15-26(16-13-24)40(36,37)33-28-17-14-25(38-2)18-27(28)30(32-33)39-19-29(35)23-10-8-22(9-11-23)21-6-4-3-5-7-21/h3-18H,19H2,1-2H3,(H,31,34). The summed E-state index contributed by atoms with van der Waals surface area (Å²) in [6.07, 6.45) is 0. The summed E-state index contributed by atoms with van der Waals surface area (Å²) in [5.41, 5.74) is 3.18. The molecule has 5 aromatic rings. The molecule has 0 spiro atoms. The van der Waals surface area contributed by atoms with E-state index in [0.717, 1.165) is 15.2 Å². The lowest BCUT2D eigenvalue weighted by Crippen LogP contribution is -2.16. The topological polar surface area (TPSA) is 117 Å². The summed E-state index contributed by atoms with van der Waals surface area (Å²) >= 11 is 0. The van der Waals surface area contributed by atoms with Crippen molar-refractivity contribution in [3.05, 3.63) is 103 Å². The minimum absolute atomic E-state index is 0.0263. The first-order valence-electron chi connectivity index (χ1n) is 12.3. The molecule has 0 fully saturated rings. The second-order valence-electron chi connectivity index (χ2n) is 8.90. The van der Waals surface area contributed by atoms with Crippen LogP contribution < -0.4 is 14.8 Å². The molecule has 1 N–H and O–H groups in total. The van der Waals surface area contributed by atoms with Crippen LogP contribution in [-0.4, -0.2) is 43.0 Å². The van der Waals surface area contributed by atoms with Crippen LogP contribution in [0.25, 0.3) is 22.0 Å². The highest BCUT2D eigenvalue weighted by Crippen LogP contribution is 2.32. The molecule has 0 aliphatic heterocycles. The molecule has 0 unspecified atom stereocenters. The fraction of sp³-hybridized carbons (Fsp3) is 0.100. The molecule has 0 aliphatic carbocycles. The molecule has 1 amide bonds. The number of ketones is 1. The summed E-state index contributed by atoms with van der Waals surface area (Å²) in [5, 5.41) is 7.20. The summed E-state index contributed by atoms with van der Waals surface area (Å²) in [4.78, 5) is 24.2. The van der Waals surface area contributed by atoms with Crippen LogP contribution in [0.5, 0.6) is 11.6 Å². The molecule has 0 aliphatic rings. The highest BCUT2D eigenvalue weighted by molar-refractivity contribution is 7.90. The molecule has 1 heterocycles. The van der Waals surface area contributed by atoms with Gasteiger partial charge in [-0.25, -0.2) is 0 Å². The zero-order chi connectivity index (χ0) is 28.3. The van der Waals surface area contributed by atoms with Crippen LogP contribution in [0.2, 0.25) is 0 Å². The summed E-state index contributed by atoms with van der Waals surface area (Å²) in [7, 11) is -2.66. The van der Waals surface area contributed by atoms with Crippen LogP contribution in [0.1, 0.15) is 17.3 Å². The van der Waals surface area contributed by atoms with E-state index in [4.69, 9.17) is 9.47 Å². The van der Waals surface area contributed by atoms with Gasteiger partial charge in [0.25, 0.3) is 10.0 Å². The first-order valence-corrected chi connectivity index (χ1v) is 13.7. The van der Waals surface area contributed by atoms with Crippen molar-refractivity contribution in [1.29, 1.82) is 0 Å². The van der Waals surface area contributed by atoms with Crippen molar-refractivity contribution in [1.82, 2.24) is 9.19 Å². The maximum atomic E-state index is 13.5. The van der Waals surface area contributed by atoms with Crippen molar-refractivity contribution in [3.8, 4) is 22.8 Å². The molecule has 5 rings (SSSR count). The van der Waals surface area contributed by atoms with E-state index < -0.39 is 10.0 Å². The Kier molecular flexibility index (Phi) is 7.35. The van der Waals surface area contributed by atoms with E-state index >= 15 is 0 Å². The number of amides is 1. The molecule has 1 aromatic heterocycles. The average molecular weight is 556 g/mol. The van der Waals surface area contributed by atoms with Gasteiger partial charge in [-0.2, -0.15) is 8.42 Å². The number of anilines is 1. The maximum absolute atomic E-state index is 13.5. The number of benzene rings is 4. The number of Topliss-reactive ketones (excluding diaryl/α,β-unsaturated/α-hetero) is 1. The number of ether oxygens (including phenoxy) is 2. The maximum Gasteiger partial charge on any atom is 0.283 e. The second-order valence-corrected chi connectivity index (χ2v) is 10.7. The first-order chi connectivity index (χ1) is 19.3. The second kappa shape index (κ2) is 11.0. The summed E-state index contributed by atoms with van der Waals surface area (Å²) in [6.45, 7) is 1.01.